The molecule has 0 aromatic heterocycles. The second-order valence-corrected chi connectivity index (χ2v) is 4.14. The van der Waals surface area contributed by atoms with E-state index in [4.69, 9.17) is 5.41 Å². The number of hydrogen-bond acceptors (Lipinski definition) is 1. The van der Waals surface area contributed by atoms with Crippen LogP contribution in [-0.2, 0) is 0 Å². The Balaban J connectivity index is 2.10. The van der Waals surface area contributed by atoms with E-state index < -0.39 is 0 Å². The molecule has 2 rings (SSSR count). The third kappa shape index (κ3) is 2.38. The summed E-state index contributed by atoms with van der Waals surface area (Å²) in [5, 5.41) is 8.19. The quantitative estimate of drug-likeness (QED) is 0.590. The van der Waals surface area contributed by atoms with Crippen molar-refractivity contribution >= 4 is 5.84 Å². The predicted octanol–water partition coefficient (Wildman–Crippen LogP) is 2.89. The summed E-state index contributed by atoms with van der Waals surface area (Å²) in [7, 11) is 0. The SMILES string of the molecule is CCCN(C(=N)c1ccccc1)C1CC1. The Hall–Kier alpha value is -1.31. The van der Waals surface area contributed by atoms with Crippen LogP contribution in [0.4, 0.5) is 0 Å². The lowest BCUT2D eigenvalue weighted by molar-refractivity contribution is 0.407. The first-order valence-corrected chi connectivity index (χ1v) is 5.73. The van der Waals surface area contributed by atoms with Crippen molar-refractivity contribution in [2.24, 2.45) is 0 Å². The molecule has 1 fully saturated rings. The Morgan fingerprint density at radius 1 is 1.33 bits per heavy atom. The van der Waals surface area contributed by atoms with Crippen LogP contribution in [0.15, 0.2) is 30.3 Å². The van der Waals surface area contributed by atoms with Crippen LogP contribution in [0, 0.1) is 5.41 Å². The largest absolute Gasteiger partial charge is 0.354 e. The molecule has 1 aliphatic carbocycles. The molecule has 1 N–H and O–H groups in total. The maximum Gasteiger partial charge on any atom is 0.128 e. The maximum atomic E-state index is 8.19. The zero-order chi connectivity index (χ0) is 10.7. The van der Waals surface area contributed by atoms with Gasteiger partial charge in [0, 0.05) is 18.2 Å². The zero-order valence-corrected chi connectivity index (χ0v) is 9.24. The smallest absolute Gasteiger partial charge is 0.128 e. The van der Waals surface area contributed by atoms with E-state index in [1.807, 2.05) is 30.3 Å². The van der Waals surface area contributed by atoms with Gasteiger partial charge in [-0.2, -0.15) is 0 Å². The Labute approximate surface area is 91.4 Å². The Morgan fingerprint density at radius 2 is 2.00 bits per heavy atom. The molecule has 0 radical (unpaired) electrons. The molecule has 0 heterocycles. The molecule has 1 aliphatic rings. The second-order valence-electron chi connectivity index (χ2n) is 4.14. The molecule has 0 bridgehead atoms. The Kier molecular flexibility index (Phi) is 3.05. The van der Waals surface area contributed by atoms with Crippen molar-refractivity contribution in [1.82, 2.24) is 4.90 Å². The highest BCUT2D eigenvalue weighted by molar-refractivity contribution is 5.96. The van der Waals surface area contributed by atoms with Gasteiger partial charge in [0.25, 0.3) is 0 Å². The molecule has 0 saturated heterocycles. The summed E-state index contributed by atoms with van der Waals surface area (Å²) in [6.07, 6.45) is 3.64. The van der Waals surface area contributed by atoms with E-state index in [0.29, 0.717) is 11.9 Å². The highest BCUT2D eigenvalue weighted by atomic mass is 15.2. The molecule has 0 unspecified atom stereocenters. The van der Waals surface area contributed by atoms with Crippen LogP contribution < -0.4 is 0 Å². The number of nitrogens with zero attached hydrogens (tertiary/aromatic N) is 1. The summed E-state index contributed by atoms with van der Waals surface area (Å²) in [6.45, 7) is 3.19. The average molecular weight is 202 g/mol. The number of nitrogens with one attached hydrogen (secondary N) is 1. The molecule has 0 atom stereocenters. The van der Waals surface area contributed by atoms with Gasteiger partial charge in [-0.15, -0.1) is 0 Å². The van der Waals surface area contributed by atoms with E-state index >= 15 is 0 Å². The van der Waals surface area contributed by atoms with Crippen LogP contribution in [0.5, 0.6) is 0 Å². The molecule has 2 heteroatoms. The number of rotatable bonds is 4. The minimum Gasteiger partial charge on any atom is -0.354 e. The number of benzene rings is 1. The summed E-state index contributed by atoms with van der Waals surface area (Å²) < 4.78 is 0. The first kappa shape index (κ1) is 10.2. The monoisotopic (exact) mass is 202 g/mol. The van der Waals surface area contributed by atoms with Gasteiger partial charge in [0.2, 0.25) is 0 Å². The topological polar surface area (TPSA) is 27.1 Å². The Bertz CT molecular complexity index is 328. The highest BCUT2D eigenvalue weighted by Gasteiger charge is 2.30. The molecule has 80 valence electrons. The molecule has 2 nitrogen and oxygen atoms in total. The van der Waals surface area contributed by atoms with Gasteiger partial charge in [-0.25, -0.2) is 0 Å². The second kappa shape index (κ2) is 4.47. The van der Waals surface area contributed by atoms with E-state index in [0.717, 1.165) is 18.5 Å². The van der Waals surface area contributed by atoms with Gasteiger partial charge in [0.05, 0.1) is 0 Å². The lowest BCUT2D eigenvalue weighted by atomic mass is 10.2. The molecule has 0 spiro atoms. The summed E-state index contributed by atoms with van der Waals surface area (Å²) in [6, 6.07) is 10.7. The minimum absolute atomic E-state index is 0.637. The molecular weight excluding hydrogens is 184 g/mol. The van der Waals surface area contributed by atoms with Crippen molar-refractivity contribution in [2.45, 2.75) is 32.2 Å². The minimum atomic E-state index is 0.637. The van der Waals surface area contributed by atoms with Gasteiger partial charge in [-0.1, -0.05) is 37.3 Å². The summed E-state index contributed by atoms with van der Waals surface area (Å²) in [5.41, 5.74) is 1.04. The van der Waals surface area contributed by atoms with Crippen LogP contribution >= 0.6 is 0 Å². The van der Waals surface area contributed by atoms with Gasteiger partial charge >= 0.3 is 0 Å². The third-order valence-electron chi connectivity index (χ3n) is 2.79. The average Bonchev–Trinajstić information content (AvgIpc) is 3.10. The van der Waals surface area contributed by atoms with Crippen molar-refractivity contribution < 1.29 is 0 Å². The number of amidine groups is 1. The van der Waals surface area contributed by atoms with Gasteiger partial charge in [-0.3, -0.25) is 5.41 Å². The van der Waals surface area contributed by atoms with Crippen LogP contribution in [-0.4, -0.2) is 23.3 Å². The third-order valence-corrected chi connectivity index (χ3v) is 2.79. The standard InChI is InChI=1S/C13H18N2/c1-2-10-15(12-8-9-12)13(14)11-6-4-3-5-7-11/h3-7,12,14H,2,8-10H2,1H3. The fourth-order valence-electron chi connectivity index (χ4n) is 1.87. The van der Waals surface area contributed by atoms with Crippen molar-refractivity contribution in [1.29, 1.82) is 5.41 Å². The van der Waals surface area contributed by atoms with Gasteiger partial charge in [0.1, 0.15) is 5.84 Å². The molecule has 15 heavy (non-hydrogen) atoms. The van der Waals surface area contributed by atoms with E-state index in [9.17, 15) is 0 Å². The molecule has 1 saturated carbocycles. The Morgan fingerprint density at radius 3 is 2.53 bits per heavy atom. The van der Waals surface area contributed by atoms with Crippen molar-refractivity contribution in [3.63, 3.8) is 0 Å². The summed E-state index contributed by atoms with van der Waals surface area (Å²) >= 11 is 0. The molecular formula is C13H18N2. The molecule has 0 aliphatic heterocycles. The zero-order valence-electron chi connectivity index (χ0n) is 9.24. The molecule has 1 aromatic rings. The van der Waals surface area contributed by atoms with Crippen molar-refractivity contribution in [3.05, 3.63) is 35.9 Å². The highest BCUT2D eigenvalue weighted by Crippen LogP contribution is 2.28. The lowest BCUT2D eigenvalue weighted by Gasteiger charge is -2.24. The van der Waals surface area contributed by atoms with E-state index in [1.165, 1.54) is 12.8 Å². The van der Waals surface area contributed by atoms with Crippen LogP contribution in [0.2, 0.25) is 0 Å². The summed E-state index contributed by atoms with van der Waals surface area (Å²) in [5.74, 6) is 0.694. The first-order chi connectivity index (χ1) is 7.33. The normalized spacial score (nSPS) is 15.0. The number of hydrogen-bond donors (Lipinski definition) is 1. The fraction of sp³-hybridized carbons (Fsp3) is 0.462. The van der Waals surface area contributed by atoms with Crippen LogP contribution in [0.1, 0.15) is 31.7 Å². The van der Waals surface area contributed by atoms with Gasteiger partial charge in [-0.05, 0) is 19.3 Å². The van der Waals surface area contributed by atoms with Crippen LogP contribution in [0.3, 0.4) is 0 Å². The summed E-state index contributed by atoms with van der Waals surface area (Å²) in [4.78, 5) is 2.25. The van der Waals surface area contributed by atoms with Gasteiger partial charge in [0.15, 0.2) is 0 Å². The fourth-order valence-corrected chi connectivity index (χ4v) is 1.87. The molecule has 0 amide bonds. The van der Waals surface area contributed by atoms with Crippen LogP contribution in [0.25, 0.3) is 0 Å². The van der Waals surface area contributed by atoms with E-state index in [1.54, 1.807) is 0 Å². The van der Waals surface area contributed by atoms with E-state index in [2.05, 4.69) is 11.8 Å². The lowest BCUT2D eigenvalue weighted by Crippen LogP contribution is -2.33. The molecule has 1 aromatic carbocycles. The van der Waals surface area contributed by atoms with Crippen molar-refractivity contribution in [3.8, 4) is 0 Å². The maximum absolute atomic E-state index is 8.19. The van der Waals surface area contributed by atoms with Gasteiger partial charge < -0.3 is 4.90 Å². The van der Waals surface area contributed by atoms with E-state index in [-0.39, 0.29) is 0 Å². The van der Waals surface area contributed by atoms with Crippen molar-refractivity contribution in [2.75, 3.05) is 6.54 Å². The predicted molar refractivity (Wildman–Crippen MR) is 63.3 cm³/mol. The first-order valence-electron chi connectivity index (χ1n) is 5.73.